The number of ketones is 1. The van der Waals surface area contributed by atoms with Gasteiger partial charge < -0.3 is 15.0 Å². The van der Waals surface area contributed by atoms with Crippen LogP contribution >= 0.6 is 34.7 Å². The number of nitrogens with one attached hydrogen (secondary N) is 2. The van der Waals surface area contributed by atoms with Gasteiger partial charge in [-0.05, 0) is 37.6 Å². The van der Waals surface area contributed by atoms with Crippen molar-refractivity contribution in [1.29, 1.82) is 0 Å². The van der Waals surface area contributed by atoms with Gasteiger partial charge in [0.1, 0.15) is 5.00 Å². The number of aromatic nitrogens is 2. The number of H-pyrrole nitrogens is 1. The number of aromatic amines is 1. The van der Waals surface area contributed by atoms with Crippen LogP contribution in [0, 0.1) is 6.92 Å². The highest BCUT2D eigenvalue weighted by Gasteiger charge is 2.24. The zero-order chi connectivity index (χ0) is 20.4. The predicted molar refractivity (Wildman–Crippen MR) is 111 cm³/mol. The second-order valence-electron chi connectivity index (χ2n) is 5.85. The quantitative estimate of drug-likeness (QED) is 0.338. The van der Waals surface area contributed by atoms with E-state index in [1.165, 1.54) is 25.8 Å². The molecule has 0 radical (unpaired) electrons. The molecule has 0 fully saturated rings. The van der Waals surface area contributed by atoms with Gasteiger partial charge in [-0.3, -0.25) is 9.59 Å². The molecule has 0 atom stereocenters. The summed E-state index contributed by atoms with van der Waals surface area (Å²) in [5.74, 6) is -1.03. The van der Waals surface area contributed by atoms with Crippen molar-refractivity contribution in [1.82, 2.24) is 9.97 Å². The van der Waals surface area contributed by atoms with Gasteiger partial charge in [0.15, 0.2) is 10.9 Å². The fraction of sp³-hybridized carbons (Fsp3) is 0.222. The maximum atomic E-state index is 12.4. The number of anilines is 1. The number of nitrogens with zero attached hydrogens (tertiary/aromatic N) is 1. The van der Waals surface area contributed by atoms with Crippen LogP contribution in [0.3, 0.4) is 0 Å². The summed E-state index contributed by atoms with van der Waals surface area (Å²) in [6.45, 7) is 3.07. The lowest BCUT2D eigenvalue weighted by Crippen LogP contribution is -2.16. The van der Waals surface area contributed by atoms with E-state index in [0.717, 1.165) is 22.4 Å². The van der Waals surface area contributed by atoms with Crippen LogP contribution in [0.1, 0.15) is 32.5 Å². The second-order valence-corrected chi connectivity index (χ2v) is 8.27. The van der Waals surface area contributed by atoms with E-state index >= 15 is 0 Å². The summed E-state index contributed by atoms with van der Waals surface area (Å²) in [7, 11) is 1.25. The summed E-state index contributed by atoms with van der Waals surface area (Å²) in [5.41, 5.74) is 2.24. The molecular formula is C18H16ClN3O4S2. The van der Waals surface area contributed by atoms with Crippen LogP contribution in [0.15, 0.2) is 23.4 Å². The van der Waals surface area contributed by atoms with Crippen molar-refractivity contribution < 1.29 is 19.1 Å². The molecule has 3 aromatic rings. The van der Waals surface area contributed by atoms with Crippen molar-refractivity contribution >= 4 is 68.4 Å². The van der Waals surface area contributed by atoms with E-state index in [9.17, 15) is 14.4 Å². The number of carbonyl (C=O) groups is 3. The highest BCUT2D eigenvalue weighted by atomic mass is 35.5. The van der Waals surface area contributed by atoms with Crippen molar-refractivity contribution in [2.45, 2.75) is 19.0 Å². The van der Waals surface area contributed by atoms with Gasteiger partial charge in [0.2, 0.25) is 5.91 Å². The van der Waals surface area contributed by atoms with E-state index in [2.05, 4.69) is 15.3 Å². The lowest BCUT2D eigenvalue weighted by Gasteiger charge is -2.05. The predicted octanol–water partition coefficient (Wildman–Crippen LogP) is 4.31. The molecule has 2 aromatic heterocycles. The number of ether oxygens (including phenoxy) is 1. The molecule has 0 saturated carbocycles. The van der Waals surface area contributed by atoms with E-state index < -0.39 is 5.97 Å². The Kier molecular flexibility index (Phi) is 6.07. The largest absolute Gasteiger partial charge is 0.465 e. The highest BCUT2D eigenvalue weighted by Crippen LogP contribution is 2.34. The summed E-state index contributed by atoms with van der Waals surface area (Å²) in [6.07, 6.45) is 0. The Morgan fingerprint density at radius 2 is 2.11 bits per heavy atom. The first kappa shape index (κ1) is 20.4. The van der Waals surface area contributed by atoms with Gasteiger partial charge in [0.05, 0.1) is 34.3 Å². The number of rotatable bonds is 6. The molecule has 2 N–H and O–H groups in total. The molecule has 0 aliphatic heterocycles. The topological polar surface area (TPSA) is 101 Å². The molecule has 0 bridgehead atoms. The van der Waals surface area contributed by atoms with Gasteiger partial charge in [0.25, 0.3) is 0 Å². The summed E-state index contributed by atoms with van der Waals surface area (Å²) in [5, 5.41) is 4.17. The number of carbonyl (C=O) groups excluding carboxylic acids is 3. The van der Waals surface area contributed by atoms with Crippen LogP contribution < -0.4 is 5.32 Å². The molecule has 1 amide bonds. The van der Waals surface area contributed by atoms with E-state index in [1.807, 2.05) is 0 Å². The molecule has 3 rings (SSSR count). The number of methoxy groups -OCH3 is 1. The molecule has 0 aliphatic rings. The zero-order valence-electron chi connectivity index (χ0n) is 15.2. The lowest BCUT2D eigenvalue weighted by molar-refractivity contribution is -0.113. The molecule has 1 aromatic carbocycles. The number of amides is 1. The van der Waals surface area contributed by atoms with E-state index in [4.69, 9.17) is 16.3 Å². The van der Waals surface area contributed by atoms with E-state index in [-0.39, 0.29) is 23.0 Å². The Morgan fingerprint density at radius 3 is 2.79 bits per heavy atom. The highest BCUT2D eigenvalue weighted by molar-refractivity contribution is 7.99. The smallest absolute Gasteiger partial charge is 0.341 e. The number of halogens is 1. The van der Waals surface area contributed by atoms with Gasteiger partial charge >= 0.3 is 5.97 Å². The summed E-state index contributed by atoms with van der Waals surface area (Å²) >= 11 is 8.24. The number of fused-ring (bicyclic) bond motifs is 1. The molecule has 0 saturated heterocycles. The third-order valence-corrected chi connectivity index (χ3v) is 6.29. The normalized spacial score (nSPS) is 10.9. The van der Waals surface area contributed by atoms with Gasteiger partial charge in [-0.1, -0.05) is 23.4 Å². The second kappa shape index (κ2) is 8.34. The van der Waals surface area contributed by atoms with Crippen molar-refractivity contribution in [3.05, 3.63) is 39.2 Å². The minimum Gasteiger partial charge on any atom is -0.465 e. The monoisotopic (exact) mass is 437 g/mol. The number of hydrogen-bond acceptors (Lipinski definition) is 7. The number of Topliss-reactive ketones (excluding diaryl/α,β-unsaturated/α-hetero) is 1. The average molecular weight is 438 g/mol. The van der Waals surface area contributed by atoms with Crippen molar-refractivity contribution in [2.24, 2.45) is 0 Å². The van der Waals surface area contributed by atoms with Gasteiger partial charge in [-0.2, -0.15) is 0 Å². The van der Waals surface area contributed by atoms with Crippen molar-refractivity contribution in [2.75, 3.05) is 18.2 Å². The van der Waals surface area contributed by atoms with Crippen molar-refractivity contribution in [3.63, 3.8) is 0 Å². The summed E-state index contributed by atoms with van der Waals surface area (Å²) < 4.78 is 4.78. The maximum absolute atomic E-state index is 12.4. The minimum absolute atomic E-state index is 0.0700. The van der Waals surface area contributed by atoms with Gasteiger partial charge in [-0.15, -0.1) is 11.3 Å². The molecular weight excluding hydrogens is 422 g/mol. The molecule has 0 spiro atoms. The number of thioether (sulfide) groups is 1. The Morgan fingerprint density at radius 1 is 1.36 bits per heavy atom. The van der Waals surface area contributed by atoms with Crippen LogP contribution in [0.5, 0.6) is 0 Å². The minimum atomic E-state index is -0.599. The number of imidazole rings is 1. The Labute approximate surface area is 173 Å². The fourth-order valence-corrected chi connectivity index (χ4v) is 4.57. The van der Waals surface area contributed by atoms with Gasteiger partial charge in [-0.25, -0.2) is 9.78 Å². The van der Waals surface area contributed by atoms with Crippen LogP contribution in [0.4, 0.5) is 5.00 Å². The standard InChI is InChI=1S/C18H16ClN3O4S2/c1-8-14(17(25)26-3)16(28-15(8)9(2)23)22-13(24)7-27-18-20-11-5-4-10(19)6-12(11)21-18/h4-6H,7H2,1-3H3,(H,20,21)(H,22,24). The molecule has 2 heterocycles. The zero-order valence-corrected chi connectivity index (χ0v) is 17.6. The number of benzene rings is 1. The fourth-order valence-electron chi connectivity index (χ4n) is 2.61. The van der Waals surface area contributed by atoms with Crippen LogP contribution in [-0.4, -0.2) is 40.5 Å². The Balaban J connectivity index is 1.74. The third-order valence-electron chi connectivity index (χ3n) is 3.87. The van der Waals surface area contributed by atoms with Crippen LogP contribution in [-0.2, 0) is 9.53 Å². The Hall–Kier alpha value is -2.36. The first-order valence-corrected chi connectivity index (χ1v) is 10.3. The molecule has 0 aliphatic carbocycles. The lowest BCUT2D eigenvalue weighted by atomic mass is 10.1. The SMILES string of the molecule is COC(=O)c1c(NC(=O)CSc2nc3ccc(Cl)cc3[nH]2)sc(C(C)=O)c1C. The first-order chi connectivity index (χ1) is 13.3. The summed E-state index contributed by atoms with van der Waals surface area (Å²) in [6, 6.07) is 5.29. The molecule has 7 nitrogen and oxygen atoms in total. The molecule has 28 heavy (non-hydrogen) atoms. The summed E-state index contributed by atoms with van der Waals surface area (Å²) in [4.78, 5) is 44.1. The number of thiophene rings is 1. The molecule has 146 valence electrons. The molecule has 10 heteroatoms. The first-order valence-electron chi connectivity index (χ1n) is 8.10. The van der Waals surface area contributed by atoms with Crippen LogP contribution in [0.25, 0.3) is 11.0 Å². The Bertz CT molecular complexity index is 1090. The average Bonchev–Trinajstić information content (AvgIpc) is 3.19. The number of hydrogen-bond donors (Lipinski definition) is 2. The van der Waals surface area contributed by atoms with Crippen molar-refractivity contribution in [3.8, 4) is 0 Å². The number of esters is 1. The van der Waals surface area contributed by atoms with Gasteiger partial charge in [0, 0.05) is 5.02 Å². The van der Waals surface area contributed by atoms with E-state index in [0.29, 0.717) is 25.6 Å². The molecule has 0 unspecified atom stereocenters. The van der Waals surface area contributed by atoms with Crippen LogP contribution in [0.2, 0.25) is 5.02 Å². The maximum Gasteiger partial charge on any atom is 0.341 e. The van der Waals surface area contributed by atoms with E-state index in [1.54, 1.807) is 25.1 Å². The third kappa shape index (κ3) is 4.21.